The summed E-state index contributed by atoms with van der Waals surface area (Å²) in [5.41, 5.74) is 5.36. The van der Waals surface area contributed by atoms with E-state index in [2.05, 4.69) is 0 Å². The number of ether oxygens (including phenoxy) is 1. The molecule has 0 aromatic heterocycles. The van der Waals surface area contributed by atoms with Crippen LogP contribution < -0.4 is 5.73 Å². The van der Waals surface area contributed by atoms with Crippen LogP contribution in [0, 0.1) is 11.3 Å². The Morgan fingerprint density at radius 3 is 2.53 bits per heavy atom. The van der Waals surface area contributed by atoms with Crippen molar-refractivity contribution in [2.24, 2.45) is 17.1 Å². The number of halogens is 1. The molecule has 0 aromatic rings. The van der Waals surface area contributed by atoms with Gasteiger partial charge in [0.05, 0.1) is 18.6 Å². The summed E-state index contributed by atoms with van der Waals surface area (Å²) in [4.78, 5) is 25.6. The number of nitrogens with two attached hydrogens (primary N) is 1. The predicted octanol–water partition coefficient (Wildman–Crippen LogP) is 1.19. The zero-order valence-corrected chi connectivity index (χ0v) is 13.0. The highest BCUT2D eigenvalue weighted by Crippen LogP contribution is 2.31. The summed E-state index contributed by atoms with van der Waals surface area (Å²) in [5.74, 6) is -0.158. The second kappa shape index (κ2) is 7.10. The van der Waals surface area contributed by atoms with Gasteiger partial charge in [0.2, 0.25) is 5.91 Å². The molecular formula is C13H25ClN2O3. The number of likely N-dealkylation sites (tertiary alicyclic amines) is 1. The van der Waals surface area contributed by atoms with Crippen molar-refractivity contribution in [2.75, 3.05) is 20.2 Å². The normalized spacial score (nSPS) is 25.4. The molecule has 1 aliphatic heterocycles. The number of carbonyl (C=O) groups is 2. The molecule has 3 unspecified atom stereocenters. The van der Waals surface area contributed by atoms with E-state index in [9.17, 15) is 9.59 Å². The Balaban J connectivity index is 0.00000324. The molecule has 6 heteroatoms. The Kier molecular flexibility index (Phi) is 6.80. The molecule has 5 nitrogen and oxygen atoms in total. The lowest BCUT2D eigenvalue weighted by atomic mass is 9.90. The van der Waals surface area contributed by atoms with E-state index in [1.807, 2.05) is 20.8 Å². The summed E-state index contributed by atoms with van der Waals surface area (Å²) >= 11 is 0. The lowest BCUT2D eigenvalue weighted by Gasteiger charge is -2.26. The Labute approximate surface area is 121 Å². The number of esters is 1. The number of hydrogen-bond donors (Lipinski definition) is 1. The molecule has 0 aliphatic carbocycles. The quantitative estimate of drug-likeness (QED) is 0.790. The van der Waals surface area contributed by atoms with Crippen LogP contribution in [0.3, 0.4) is 0 Å². The van der Waals surface area contributed by atoms with E-state index in [4.69, 9.17) is 10.5 Å². The van der Waals surface area contributed by atoms with Gasteiger partial charge in [0, 0.05) is 13.1 Å². The van der Waals surface area contributed by atoms with Gasteiger partial charge >= 0.3 is 5.97 Å². The van der Waals surface area contributed by atoms with Gasteiger partial charge in [0.1, 0.15) is 0 Å². The summed E-state index contributed by atoms with van der Waals surface area (Å²) in [6.07, 6.45) is 1.51. The van der Waals surface area contributed by atoms with Gasteiger partial charge in [-0.2, -0.15) is 0 Å². The third-order valence-electron chi connectivity index (χ3n) is 4.01. The van der Waals surface area contributed by atoms with Crippen molar-refractivity contribution in [1.82, 2.24) is 4.90 Å². The molecule has 1 heterocycles. The molecule has 0 saturated carbocycles. The zero-order valence-electron chi connectivity index (χ0n) is 12.1. The molecule has 1 saturated heterocycles. The SMILES string of the molecule is CCC(C)C(N)C(=O)N1CCC(C)(C(=O)OC)C1.Cl. The summed E-state index contributed by atoms with van der Waals surface area (Å²) in [5, 5.41) is 0. The van der Waals surface area contributed by atoms with Crippen LogP contribution in [0.1, 0.15) is 33.6 Å². The van der Waals surface area contributed by atoms with Crippen LogP contribution in [0.2, 0.25) is 0 Å². The molecule has 1 fully saturated rings. The van der Waals surface area contributed by atoms with Crippen LogP contribution >= 0.6 is 12.4 Å². The lowest BCUT2D eigenvalue weighted by molar-refractivity contribution is -0.151. The van der Waals surface area contributed by atoms with Crippen molar-refractivity contribution in [3.05, 3.63) is 0 Å². The first-order valence-electron chi connectivity index (χ1n) is 6.48. The summed E-state index contributed by atoms with van der Waals surface area (Å²) in [6, 6.07) is -0.477. The molecule has 112 valence electrons. The topological polar surface area (TPSA) is 72.6 Å². The molecular weight excluding hydrogens is 268 g/mol. The average Bonchev–Trinajstić information content (AvgIpc) is 2.78. The van der Waals surface area contributed by atoms with Crippen LogP contribution in [-0.2, 0) is 14.3 Å². The van der Waals surface area contributed by atoms with Crippen LogP contribution in [0.5, 0.6) is 0 Å². The number of amides is 1. The van der Waals surface area contributed by atoms with Crippen LogP contribution in [0.4, 0.5) is 0 Å². The van der Waals surface area contributed by atoms with Gasteiger partial charge in [-0.3, -0.25) is 9.59 Å². The fraction of sp³-hybridized carbons (Fsp3) is 0.846. The van der Waals surface area contributed by atoms with Crippen molar-refractivity contribution in [3.63, 3.8) is 0 Å². The third-order valence-corrected chi connectivity index (χ3v) is 4.01. The van der Waals surface area contributed by atoms with Crippen LogP contribution in [-0.4, -0.2) is 43.0 Å². The molecule has 0 spiro atoms. The molecule has 2 N–H and O–H groups in total. The molecule has 1 aliphatic rings. The third kappa shape index (κ3) is 3.83. The Morgan fingerprint density at radius 2 is 2.05 bits per heavy atom. The van der Waals surface area contributed by atoms with Crippen LogP contribution in [0.25, 0.3) is 0 Å². The van der Waals surface area contributed by atoms with Crippen molar-refractivity contribution in [1.29, 1.82) is 0 Å². The molecule has 3 atom stereocenters. The fourth-order valence-corrected chi connectivity index (χ4v) is 2.27. The lowest BCUT2D eigenvalue weighted by Crippen LogP contribution is -2.47. The Bertz CT molecular complexity index is 338. The standard InChI is InChI=1S/C13H24N2O3.ClH/c1-5-9(2)10(14)11(16)15-7-6-13(3,8-15)12(17)18-4;/h9-10H,5-8,14H2,1-4H3;1H. The maximum Gasteiger partial charge on any atom is 0.313 e. The molecule has 0 aromatic carbocycles. The first-order valence-corrected chi connectivity index (χ1v) is 6.48. The van der Waals surface area contributed by atoms with Crippen molar-refractivity contribution < 1.29 is 14.3 Å². The molecule has 1 rings (SSSR count). The molecule has 0 radical (unpaired) electrons. The number of hydrogen-bond acceptors (Lipinski definition) is 4. The molecule has 0 bridgehead atoms. The predicted molar refractivity (Wildman–Crippen MR) is 76.0 cm³/mol. The second-order valence-corrected chi connectivity index (χ2v) is 5.47. The van der Waals surface area contributed by atoms with Gasteiger partial charge in [0.15, 0.2) is 0 Å². The minimum absolute atomic E-state index is 0. The number of nitrogens with zero attached hydrogens (tertiary/aromatic N) is 1. The van der Waals surface area contributed by atoms with Crippen molar-refractivity contribution in [2.45, 2.75) is 39.7 Å². The number of methoxy groups -OCH3 is 1. The maximum absolute atomic E-state index is 12.2. The van der Waals surface area contributed by atoms with Crippen molar-refractivity contribution in [3.8, 4) is 0 Å². The molecule has 19 heavy (non-hydrogen) atoms. The smallest absolute Gasteiger partial charge is 0.313 e. The van der Waals surface area contributed by atoms with E-state index in [1.54, 1.807) is 4.90 Å². The largest absolute Gasteiger partial charge is 0.469 e. The highest BCUT2D eigenvalue weighted by atomic mass is 35.5. The van der Waals surface area contributed by atoms with Gasteiger partial charge < -0.3 is 15.4 Å². The molecule has 1 amide bonds. The monoisotopic (exact) mass is 292 g/mol. The van der Waals surface area contributed by atoms with Crippen LogP contribution in [0.15, 0.2) is 0 Å². The Morgan fingerprint density at radius 1 is 1.47 bits per heavy atom. The average molecular weight is 293 g/mol. The van der Waals surface area contributed by atoms with Gasteiger partial charge in [-0.05, 0) is 19.3 Å². The van der Waals surface area contributed by atoms with E-state index in [1.165, 1.54) is 7.11 Å². The second-order valence-electron chi connectivity index (χ2n) is 5.47. The maximum atomic E-state index is 12.2. The van der Waals surface area contributed by atoms with E-state index in [-0.39, 0.29) is 30.2 Å². The van der Waals surface area contributed by atoms with E-state index in [0.717, 1.165) is 6.42 Å². The van der Waals surface area contributed by atoms with Crippen molar-refractivity contribution >= 4 is 24.3 Å². The summed E-state index contributed by atoms with van der Waals surface area (Å²) < 4.78 is 4.79. The number of carbonyl (C=O) groups excluding carboxylic acids is 2. The van der Waals surface area contributed by atoms with E-state index >= 15 is 0 Å². The Hall–Kier alpha value is -0.810. The first kappa shape index (κ1) is 18.2. The van der Waals surface area contributed by atoms with Gasteiger partial charge in [-0.25, -0.2) is 0 Å². The zero-order chi connectivity index (χ0) is 13.9. The fourth-order valence-electron chi connectivity index (χ4n) is 2.27. The number of rotatable bonds is 4. The van der Waals surface area contributed by atoms with Gasteiger partial charge in [-0.15, -0.1) is 12.4 Å². The van der Waals surface area contributed by atoms with Gasteiger partial charge in [0.25, 0.3) is 0 Å². The first-order chi connectivity index (χ1) is 8.35. The minimum atomic E-state index is -0.584. The van der Waals surface area contributed by atoms with Gasteiger partial charge in [-0.1, -0.05) is 20.3 Å². The summed E-state index contributed by atoms with van der Waals surface area (Å²) in [7, 11) is 1.38. The highest BCUT2D eigenvalue weighted by Gasteiger charge is 2.44. The summed E-state index contributed by atoms with van der Waals surface area (Å²) in [6.45, 7) is 6.80. The highest BCUT2D eigenvalue weighted by molar-refractivity contribution is 5.85. The van der Waals surface area contributed by atoms with E-state index in [0.29, 0.717) is 19.5 Å². The minimum Gasteiger partial charge on any atom is -0.469 e. The van der Waals surface area contributed by atoms with E-state index < -0.39 is 11.5 Å².